The molecule has 3 aromatic carbocycles. The number of hydrogen-bond acceptors (Lipinski definition) is 6. The van der Waals surface area contributed by atoms with Gasteiger partial charge in [-0.3, -0.25) is 9.36 Å². The van der Waals surface area contributed by atoms with Crippen LogP contribution in [0.2, 0.25) is 0 Å². The van der Waals surface area contributed by atoms with Crippen molar-refractivity contribution in [3.63, 3.8) is 0 Å². The first-order chi connectivity index (χ1) is 16.6. The maximum absolute atomic E-state index is 13.0. The summed E-state index contributed by atoms with van der Waals surface area (Å²) in [6.45, 7) is 2.77. The molecule has 5 aromatic rings. The number of aromatic nitrogens is 4. The van der Waals surface area contributed by atoms with Crippen LogP contribution in [0.25, 0.3) is 33.7 Å². The summed E-state index contributed by atoms with van der Waals surface area (Å²) in [4.78, 5) is 32.9. The second-order valence-corrected chi connectivity index (χ2v) is 7.77. The maximum atomic E-state index is 13.0. The summed E-state index contributed by atoms with van der Waals surface area (Å²) in [5.74, 6) is 1.42. The molecule has 8 heteroatoms. The number of H-pyrrole nitrogens is 1. The number of rotatable bonds is 7. The Bertz CT molecular complexity index is 1570. The molecular formula is C26H22N4O4. The standard InChI is InChI=1S/C26H22N4O4/c1-2-33-20-10-6-9-18(15-20)23-28-24(34-29-23)19-11-12-21-22(16-19)27-26(32)30(25(21)31)14-13-17-7-4-3-5-8-17/h3-12,15-16H,2,13-14H2,1H3,(H,27,32). The summed E-state index contributed by atoms with van der Waals surface area (Å²) >= 11 is 0. The van der Waals surface area contributed by atoms with Gasteiger partial charge in [-0.2, -0.15) is 4.98 Å². The fraction of sp³-hybridized carbons (Fsp3) is 0.154. The van der Waals surface area contributed by atoms with Gasteiger partial charge in [0.1, 0.15) is 5.75 Å². The van der Waals surface area contributed by atoms with Crippen LogP contribution in [0, 0.1) is 0 Å². The molecular weight excluding hydrogens is 432 g/mol. The summed E-state index contributed by atoms with van der Waals surface area (Å²) in [6.07, 6.45) is 0.586. The fourth-order valence-electron chi connectivity index (χ4n) is 3.83. The van der Waals surface area contributed by atoms with E-state index >= 15 is 0 Å². The zero-order valence-electron chi connectivity index (χ0n) is 18.5. The van der Waals surface area contributed by atoms with Gasteiger partial charge in [-0.25, -0.2) is 4.79 Å². The van der Waals surface area contributed by atoms with E-state index in [0.717, 1.165) is 16.9 Å². The molecule has 0 aliphatic heterocycles. The Hall–Kier alpha value is -4.46. The summed E-state index contributed by atoms with van der Waals surface area (Å²) in [7, 11) is 0. The average molecular weight is 454 g/mol. The van der Waals surface area contributed by atoms with Crippen molar-refractivity contribution in [1.29, 1.82) is 0 Å². The third-order valence-corrected chi connectivity index (χ3v) is 5.53. The van der Waals surface area contributed by atoms with Gasteiger partial charge in [0.15, 0.2) is 0 Å². The highest BCUT2D eigenvalue weighted by molar-refractivity contribution is 5.82. The fourth-order valence-corrected chi connectivity index (χ4v) is 3.83. The number of aromatic amines is 1. The number of hydrogen-bond donors (Lipinski definition) is 1. The third-order valence-electron chi connectivity index (χ3n) is 5.53. The molecule has 0 aliphatic rings. The van der Waals surface area contributed by atoms with Crippen LogP contribution >= 0.6 is 0 Å². The summed E-state index contributed by atoms with van der Waals surface area (Å²) in [6, 6.07) is 22.2. The van der Waals surface area contributed by atoms with Crippen LogP contribution in [0.15, 0.2) is 86.9 Å². The van der Waals surface area contributed by atoms with Crippen molar-refractivity contribution < 1.29 is 9.26 Å². The number of fused-ring (bicyclic) bond motifs is 1. The van der Waals surface area contributed by atoms with E-state index in [0.29, 0.717) is 41.9 Å². The number of ether oxygens (including phenoxy) is 1. The van der Waals surface area contributed by atoms with Gasteiger partial charge < -0.3 is 14.2 Å². The SMILES string of the molecule is CCOc1cccc(-c2noc(-c3ccc4c(=O)n(CCc5ccccc5)c(=O)[nH]c4c3)n2)c1. The van der Waals surface area contributed by atoms with Gasteiger partial charge in [0.2, 0.25) is 5.82 Å². The highest BCUT2D eigenvalue weighted by Gasteiger charge is 2.14. The van der Waals surface area contributed by atoms with E-state index in [-0.39, 0.29) is 11.4 Å². The molecule has 0 fully saturated rings. The first-order valence-corrected chi connectivity index (χ1v) is 11.0. The lowest BCUT2D eigenvalue weighted by Crippen LogP contribution is -2.35. The molecule has 0 radical (unpaired) electrons. The van der Waals surface area contributed by atoms with Crippen molar-refractivity contribution >= 4 is 10.9 Å². The van der Waals surface area contributed by atoms with Gasteiger partial charge >= 0.3 is 5.69 Å². The molecule has 0 saturated carbocycles. The van der Waals surface area contributed by atoms with E-state index < -0.39 is 5.69 Å². The molecule has 0 atom stereocenters. The van der Waals surface area contributed by atoms with E-state index in [9.17, 15) is 9.59 Å². The van der Waals surface area contributed by atoms with Crippen LogP contribution in [0.1, 0.15) is 12.5 Å². The molecule has 5 rings (SSSR count). The quantitative estimate of drug-likeness (QED) is 0.398. The van der Waals surface area contributed by atoms with Crippen LogP contribution in [0.5, 0.6) is 5.75 Å². The minimum atomic E-state index is -0.454. The third kappa shape index (κ3) is 4.25. The van der Waals surface area contributed by atoms with Gasteiger partial charge in [-0.1, -0.05) is 47.6 Å². The lowest BCUT2D eigenvalue weighted by atomic mass is 10.1. The Kier molecular flexibility index (Phi) is 5.78. The summed E-state index contributed by atoms with van der Waals surface area (Å²) < 4.78 is 12.2. The van der Waals surface area contributed by atoms with Crippen molar-refractivity contribution in [3.8, 4) is 28.6 Å². The summed E-state index contributed by atoms with van der Waals surface area (Å²) in [5, 5.41) is 4.48. The minimum Gasteiger partial charge on any atom is -0.494 e. The predicted octanol–water partition coefficient (Wildman–Crippen LogP) is 4.05. The molecule has 1 N–H and O–H groups in total. The monoisotopic (exact) mass is 454 g/mol. The maximum Gasteiger partial charge on any atom is 0.328 e. The second kappa shape index (κ2) is 9.19. The van der Waals surface area contributed by atoms with E-state index in [1.165, 1.54) is 4.57 Å². The molecule has 170 valence electrons. The van der Waals surface area contributed by atoms with E-state index in [1.54, 1.807) is 18.2 Å². The molecule has 0 spiro atoms. The van der Waals surface area contributed by atoms with Crippen LogP contribution in [0.4, 0.5) is 0 Å². The molecule has 0 saturated heterocycles. The Morgan fingerprint density at radius 1 is 0.971 bits per heavy atom. The van der Waals surface area contributed by atoms with E-state index in [2.05, 4.69) is 15.1 Å². The number of nitrogens with zero attached hydrogens (tertiary/aromatic N) is 3. The zero-order chi connectivity index (χ0) is 23.5. The van der Waals surface area contributed by atoms with Gasteiger partial charge in [0.05, 0.1) is 17.5 Å². The number of benzene rings is 3. The number of nitrogens with one attached hydrogen (secondary N) is 1. The van der Waals surface area contributed by atoms with Crippen LogP contribution in [-0.2, 0) is 13.0 Å². The Morgan fingerprint density at radius 3 is 2.65 bits per heavy atom. The molecule has 2 aromatic heterocycles. The van der Waals surface area contributed by atoms with Gasteiger partial charge in [0.25, 0.3) is 11.4 Å². The first-order valence-electron chi connectivity index (χ1n) is 11.0. The van der Waals surface area contributed by atoms with Crippen molar-refractivity contribution in [2.45, 2.75) is 19.9 Å². The van der Waals surface area contributed by atoms with Crippen LogP contribution in [-0.4, -0.2) is 26.3 Å². The van der Waals surface area contributed by atoms with Gasteiger partial charge in [-0.15, -0.1) is 0 Å². The normalized spacial score (nSPS) is 11.1. The van der Waals surface area contributed by atoms with Crippen molar-refractivity contribution in [1.82, 2.24) is 19.7 Å². The van der Waals surface area contributed by atoms with Crippen molar-refractivity contribution in [3.05, 3.63) is 99.2 Å². The van der Waals surface area contributed by atoms with Crippen molar-refractivity contribution in [2.75, 3.05) is 6.61 Å². The van der Waals surface area contributed by atoms with Crippen LogP contribution in [0.3, 0.4) is 0 Å². The van der Waals surface area contributed by atoms with E-state index in [4.69, 9.17) is 9.26 Å². The smallest absolute Gasteiger partial charge is 0.328 e. The minimum absolute atomic E-state index is 0.285. The van der Waals surface area contributed by atoms with Crippen molar-refractivity contribution in [2.24, 2.45) is 0 Å². The molecule has 0 amide bonds. The zero-order valence-corrected chi connectivity index (χ0v) is 18.5. The summed E-state index contributed by atoms with van der Waals surface area (Å²) in [5.41, 5.74) is 2.05. The van der Waals surface area contributed by atoms with E-state index in [1.807, 2.05) is 61.5 Å². The molecule has 2 heterocycles. The average Bonchev–Trinajstić information content (AvgIpc) is 3.35. The second-order valence-electron chi connectivity index (χ2n) is 7.77. The topological polar surface area (TPSA) is 103 Å². The van der Waals surface area contributed by atoms with Gasteiger partial charge in [0, 0.05) is 17.7 Å². The molecule has 8 nitrogen and oxygen atoms in total. The molecule has 0 bridgehead atoms. The van der Waals surface area contributed by atoms with Gasteiger partial charge in [-0.05, 0) is 49.2 Å². The lowest BCUT2D eigenvalue weighted by molar-refractivity contribution is 0.340. The first kappa shape index (κ1) is 21.4. The molecule has 34 heavy (non-hydrogen) atoms. The predicted molar refractivity (Wildman–Crippen MR) is 129 cm³/mol. The van der Waals surface area contributed by atoms with Crippen LogP contribution < -0.4 is 16.0 Å². The Labute approximate surface area is 194 Å². The Morgan fingerprint density at radius 2 is 1.82 bits per heavy atom. The molecule has 0 unspecified atom stereocenters. The number of aryl methyl sites for hydroxylation is 1. The molecule has 0 aliphatic carbocycles. The lowest BCUT2D eigenvalue weighted by Gasteiger charge is -2.07. The largest absolute Gasteiger partial charge is 0.494 e. The Balaban J connectivity index is 1.44. The highest BCUT2D eigenvalue weighted by Crippen LogP contribution is 2.26. The highest BCUT2D eigenvalue weighted by atomic mass is 16.5.